The van der Waals surface area contributed by atoms with Crippen molar-refractivity contribution in [1.29, 1.82) is 0 Å². The molecular weight excluding hydrogens is 546 g/mol. The molecule has 3 aromatic carbocycles. The first-order valence-corrected chi connectivity index (χ1v) is 13.6. The minimum absolute atomic E-state index is 0.0978. The van der Waals surface area contributed by atoms with Gasteiger partial charge in [-0.1, -0.05) is 17.7 Å². The molecule has 5 aromatic rings. The zero-order valence-electron chi connectivity index (χ0n) is 24.3. The number of hydrogen-bond acceptors (Lipinski definition) is 7. The number of carbonyl (C=O) groups excluding carboxylic acids is 2. The van der Waals surface area contributed by atoms with Crippen LogP contribution in [0.25, 0.3) is 5.69 Å². The summed E-state index contributed by atoms with van der Waals surface area (Å²) in [7, 11) is 1.47. The SMILES string of the molecule is COc1cc(/C=N/NC(=O)c2ccc(COc3ccc(-n4c(C)ccc4C)cc3)o2)ccc1OC(=O)c1ccc(C)cc1. The van der Waals surface area contributed by atoms with Crippen molar-refractivity contribution in [3.63, 3.8) is 0 Å². The van der Waals surface area contributed by atoms with Crippen molar-refractivity contribution >= 4 is 18.1 Å². The van der Waals surface area contributed by atoms with Crippen LogP contribution in [0.1, 0.15) is 49.2 Å². The molecule has 1 amide bonds. The summed E-state index contributed by atoms with van der Waals surface area (Å²) < 4.78 is 24.5. The molecule has 0 radical (unpaired) electrons. The van der Waals surface area contributed by atoms with Crippen molar-refractivity contribution in [3.8, 4) is 22.9 Å². The summed E-state index contributed by atoms with van der Waals surface area (Å²) in [5, 5.41) is 4.00. The van der Waals surface area contributed by atoms with E-state index in [1.54, 1.807) is 42.5 Å². The number of aryl methyl sites for hydroxylation is 3. The van der Waals surface area contributed by atoms with Crippen molar-refractivity contribution in [1.82, 2.24) is 9.99 Å². The van der Waals surface area contributed by atoms with E-state index in [0.717, 1.165) is 22.6 Å². The number of rotatable bonds is 10. The van der Waals surface area contributed by atoms with Gasteiger partial charge in [0.15, 0.2) is 17.3 Å². The Kier molecular flexibility index (Phi) is 8.71. The predicted octanol–water partition coefficient (Wildman–Crippen LogP) is 6.57. The Hall–Kier alpha value is -5.57. The summed E-state index contributed by atoms with van der Waals surface area (Å²) in [6.45, 7) is 6.24. The number of nitrogens with one attached hydrogen (secondary N) is 1. The molecule has 0 fully saturated rings. The molecule has 1 N–H and O–H groups in total. The predicted molar refractivity (Wildman–Crippen MR) is 162 cm³/mol. The van der Waals surface area contributed by atoms with Crippen molar-refractivity contribution < 1.29 is 28.2 Å². The molecule has 2 aromatic heterocycles. The monoisotopic (exact) mass is 577 g/mol. The highest BCUT2D eigenvalue weighted by Gasteiger charge is 2.14. The largest absolute Gasteiger partial charge is 0.493 e. The third-order valence-electron chi connectivity index (χ3n) is 6.69. The second kappa shape index (κ2) is 12.9. The number of methoxy groups -OCH3 is 1. The number of benzene rings is 3. The zero-order chi connectivity index (χ0) is 30.3. The van der Waals surface area contributed by atoms with E-state index < -0.39 is 11.9 Å². The molecule has 9 nitrogen and oxygen atoms in total. The maximum absolute atomic E-state index is 12.5. The molecule has 0 aliphatic rings. The molecule has 43 heavy (non-hydrogen) atoms. The zero-order valence-corrected chi connectivity index (χ0v) is 24.3. The van der Waals surface area contributed by atoms with E-state index >= 15 is 0 Å². The van der Waals surface area contributed by atoms with Gasteiger partial charge >= 0.3 is 11.9 Å². The number of carbonyl (C=O) groups is 2. The normalized spacial score (nSPS) is 11.0. The van der Waals surface area contributed by atoms with Gasteiger partial charge in [-0.3, -0.25) is 4.79 Å². The highest BCUT2D eigenvalue weighted by Crippen LogP contribution is 2.28. The van der Waals surface area contributed by atoms with Gasteiger partial charge < -0.3 is 23.2 Å². The molecule has 9 heteroatoms. The Labute approximate surface area is 249 Å². The summed E-state index contributed by atoms with van der Waals surface area (Å²) in [6.07, 6.45) is 1.44. The molecule has 218 valence electrons. The van der Waals surface area contributed by atoms with Gasteiger partial charge in [-0.05, 0) is 105 Å². The Bertz CT molecular complexity index is 1750. The first kappa shape index (κ1) is 28.9. The van der Waals surface area contributed by atoms with E-state index in [2.05, 4.69) is 41.1 Å². The molecule has 0 saturated carbocycles. The van der Waals surface area contributed by atoms with Crippen LogP contribution in [0.15, 0.2) is 101 Å². The van der Waals surface area contributed by atoms with Crippen LogP contribution in [0.5, 0.6) is 17.2 Å². The van der Waals surface area contributed by atoms with E-state index in [0.29, 0.717) is 28.4 Å². The van der Waals surface area contributed by atoms with E-state index in [1.165, 1.54) is 13.3 Å². The van der Waals surface area contributed by atoms with Gasteiger partial charge in [0.25, 0.3) is 0 Å². The van der Waals surface area contributed by atoms with Gasteiger partial charge in [0, 0.05) is 17.1 Å². The van der Waals surface area contributed by atoms with Gasteiger partial charge in [-0.25, -0.2) is 10.2 Å². The number of hydrazone groups is 1. The fraction of sp³-hybridized carbons (Fsp3) is 0.147. The average Bonchev–Trinajstić information content (AvgIpc) is 3.63. The number of amides is 1. The lowest BCUT2D eigenvalue weighted by molar-refractivity contribution is 0.0729. The number of ether oxygens (including phenoxy) is 3. The van der Waals surface area contributed by atoms with E-state index in [9.17, 15) is 9.59 Å². The highest BCUT2D eigenvalue weighted by atomic mass is 16.6. The lowest BCUT2D eigenvalue weighted by Crippen LogP contribution is -2.16. The second-order valence-electron chi connectivity index (χ2n) is 9.87. The highest BCUT2D eigenvalue weighted by molar-refractivity contribution is 5.93. The quantitative estimate of drug-likeness (QED) is 0.0872. The number of furan rings is 1. The molecule has 2 heterocycles. The number of nitrogens with zero attached hydrogens (tertiary/aromatic N) is 2. The topological polar surface area (TPSA) is 104 Å². The minimum atomic E-state index is -0.514. The summed E-state index contributed by atoms with van der Waals surface area (Å²) in [4.78, 5) is 25.0. The minimum Gasteiger partial charge on any atom is -0.493 e. The van der Waals surface area contributed by atoms with Crippen LogP contribution in [0, 0.1) is 20.8 Å². The summed E-state index contributed by atoms with van der Waals surface area (Å²) >= 11 is 0. The van der Waals surface area contributed by atoms with Gasteiger partial charge in [0.1, 0.15) is 18.1 Å². The lowest BCUT2D eigenvalue weighted by atomic mass is 10.1. The van der Waals surface area contributed by atoms with Crippen molar-refractivity contribution in [3.05, 3.63) is 131 Å². The molecule has 5 rings (SSSR count). The van der Waals surface area contributed by atoms with Crippen LogP contribution in [-0.4, -0.2) is 29.8 Å². The van der Waals surface area contributed by atoms with Crippen LogP contribution >= 0.6 is 0 Å². The van der Waals surface area contributed by atoms with Crippen LogP contribution in [-0.2, 0) is 6.61 Å². The summed E-state index contributed by atoms with van der Waals surface area (Å²) in [6, 6.07) is 27.2. The fourth-order valence-electron chi connectivity index (χ4n) is 4.42. The van der Waals surface area contributed by atoms with Gasteiger partial charge in [-0.15, -0.1) is 0 Å². The van der Waals surface area contributed by atoms with E-state index in [1.807, 2.05) is 43.3 Å². The molecule has 0 bridgehead atoms. The molecule has 0 aliphatic heterocycles. The lowest BCUT2D eigenvalue weighted by Gasteiger charge is -2.10. The van der Waals surface area contributed by atoms with Crippen LogP contribution in [0.3, 0.4) is 0 Å². The third-order valence-corrected chi connectivity index (χ3v) is 6.69. The van der Waals surface area contributed by atoms with Crippen molar-refractivity contribution in [2.24, 2.45) is 5.10 Å². The third kappa shape index (κ3) is 7.02. The smallest absolute Gasteiger partial charge is 0.343 e. The number of esters is 1. The van der Waals surface area contributed by atoms with Crippen LogP contribution in [0.4, 0.5) is 0 Å². The Morgan fingerprint density at radius 2 is 1.58 bits per heavy atom. The Morgan fingerprint density at radius 3 is 2.28 bits per heavy atom. The van der Waals surface area contributed by atoms with Gasteiger partial charge in [-0.2, -0.15) is 5.10 Å². The maximum atomic E-state index is 12.5. The number of hydrogen-bond donors (Lipinski definition) is 1. The second-order valence-corrected chi connectivity index (χ2v) is 9.87. The molecular formula is C34H31N3O6. The molecule has 0 unspecified atom stereocenters. The molecule has 0 saturated heterocycles. The first-order chi connectivity index (χ1) is 20.8. The molecule has 0 spiro atoms. The summed E-state index contributed by atoms with van der Waals surface area (Å²) in [5.41, 5.74) is 7.91. The standard InChI is InChI=1S/C34H31N3O6/c1-22-5-10-26(11-6-22)34(39)43-30-17-9-25(19-32(30)40-4)20-35-36-33(38)31-18-16-29(42-31)21-41-28-14-12-27(13-15-28)37-23(2)7-8-24(37)3/h5-20H,21H2,1-4H3,(H,36,38)/b35-20+. The van der Waals surface area contributed by atoms with Crippen LogP contribution < -0.4 is 19.6 Å². The van der Waals surface area contributed by atoms with E-state index in [-0.39, 0.29) is 18.1 Å². The Morgan fingerprint density at radius 1 is 0.860 bits per heavy atom. The van der Waals surface area contributed by atoms with E-state index in [4.69, 9.17) is 18.6 Å². The Balaban J connectivity index is 1.13. The maximum Gasteiger partial charge on any atom is 0.343 e. The number of aromatic nitrogens is 1. The van der Waals surface area contributed by atoms with Crippen molar-refractivity contribution in [2.75, 3.05) is 7.11 Å². The van der Waals surface area contributed by atoms with Gasteiger partial charge in [0.05, 0.1) is 18.9 Å². The fourth-order valence-corrected chi connectivity index (χ4v) is 4.42. The molecule has 0 aliphatic carbocycles. The van der Waals surface area contributed by atoms with Crippen molar-refractivity contribution in [2.45, 2.75) is 27.4 Å². The molecule has 0 atom stereocenters. The average molecular weight is 578 g/mol. The summed E-state index contributed by atoms with van der Waals surface area (Å²) in [5.74, 6) is 0.879. The first-order valence-electron chi connectivity index (χ1n) is 13.6. The van der Waals surface area contributed by atoms with Crippen LogP contribution in [0.2, 0.25) is 0 Å². The van der Waals surface area contributed by atoms with Gasteiger partial charge in [0.2, 0.25) is 0 Å².